The van der Waals surface area contributed by atoms with E-state index < -0.39 is 0 Å². The van der Waals surface area contributed by atoms with Gasteiger partial charge in [0, 0.05) is 4.47 Å². The van der Waals surface area contributed by atoms with E-state index in [2.05, 4.69) is 102 Å². The topological polar surface area (TPSA) is 0 Å². The molecule has 1 atom stereocenters. The molecule has 106 valence electrons. The maximum absolute atomic E-state index is 3.81. The molecule has 2 heteroatoms. The van der Waals surface area contributed by atoms with Gasteiger partial charge in [-0.2, -0.15) is 0 Å². The minimum atomic E-state index is 0.199. The van der Waals surface area contributed by atoms with Crippen LogP contribution in [0.25, 0.3) is 0 Å². The van der Waals surface area contributed by atoms with E-state index in [1.54, 1.807) is 0 Å². The lowest BCUT2D eigenvalue weighted by Gasteiger charge is -2.20. The van der Waals surface area contributed by atoms with E-state index in [1.165, 1.54) is 22.3 Å². The first kappa shape index (κ1) is 15.8. The fourth-order valence-corrected chi connectivity index (χ4v) is 3.90. The molecule has 0 bridgehead atoms. The van der Waals surface area contributed by atoms with Crippen molar-refractivity contribution in [1.29, 1.82) is 0 Å². The van der Waals surface area contributed by atoms with Crippen LogP contribution in [-0.4, -0.2) is 0 Å². The summed E-state index contributed by atoms with van der Waals surface area (Å²) in [6.45, 7) is 8.83. The maximum atomic E-state index is 3.81. The zero-order chi connectivity index (χ0) is 14.9. The summed E-state index contributed by atoms with van der Waals surface area (Å²) in [6, 6.07) is 15.4. The van der Waals surface area contributed by atoms with E-state index in [9.17, 15) is 0 Å². The number of alkyl halides is 1. The van der Waals surface area contributed by atoms with Gasteiger partial charge in [-0.3, -0.25) is 0 Å². The van der Waals surface area contributed by atoms with Gasteiger partial charge in [0.05, 0.1) is 4.83 Å². The lowest BCUT2D eigenvalue weighted by atomic mass is 9.86. The minimum Gasteiger partial charge on any atom is -0.0786 e. The van der Waals surface area contributed by atoms with E-state index in [-0.39, 0.29) is 10.2 Å². The molecule has 0 spiro atoms. The molecule has 0 aliphatic heterocycles. The zero-order valence-corrected chi connectivity index (χ0v) is 15.5. The molecule has 0 aliphatic carbocycles. The fourth-order valence-electron chi connectivity index (χ4n) is 2.17. The molecule has 2 aromatic carbocycles. The molecule has 20 heavy (non-hydrogen) atoms. The average Bonchev–Trinajstić information content (AvgIpc) is 2.37. The van der Waals surface area contributed by atoms with Crippen molar-refractivity contribution in [3.8, 4) is 0 Å². The molecule has 0 radical (unpaired) electrons. The lowest BCUT2D eigenvalue weighted by molar-refractivity contribution is 0.590. The second kappa shape index (κ2) is 6.03. The molecule has 0 N–H and O–H groups in total. The third-order valence-electron chi connectivity index (χ3n) is 3.50. The smallest absolute Gasteiger partial charge is 0.0655 e. The number of rotatable bonds is 2. The number of halogens is 2. The van der Waals surface area contributed by atoms with Crippen LogP contribution in [0.1, 0.15) is 47.9 Å². The Morgan fingerprint density at radius 3 is 2.05 bits per heavy atom. The third kappa shape index (κ3) is 3.53. The van der Waals surface area contributed by atoms with Gasteiger partial charge < -0.3 is 0 Å². The molecule has 0 aromatic heterocycles. The van der Waals surface area contributed by atoms with Crippen molar-refractivity contribution in [3.63, 3.8) is 0 Å². The van der Waals surface area contributed by atoms with Crippen LogP contribution in [0.5, 0.6) is 0 Å². The number of hydrogen-bond donors (Lipinski definition) is 0. The Hall–Kier alpha value is -0.600. The lowest BCUT2D eigenvalue weighted by Crippen LogP contribution is -2.10. The van der Waals surface area contributed by atoms with Crippen molar-refractivity contribution in [2.24, 2.45) is 0 Å². The highest BCUT2D eigenvalue weighted by Gasteiger charge is 2.16. The van der Waals surface area contributed by atoms with Gasteiger partial charge in [-0.1, -0.05) is 89.0 Å². The van der Waals surface area contributed by atoms with Crippen LogP contribution in [0.4, 0.5) is 0 Å². The van der Waals surface area contributed by atoms with Gasteiger partial charge in [-0.15, -0.1) is 0 Å². The van der Waals surface area contributed by atoms with Gasteiger partial charge in [0.15, 0.2) is 0 Å². The molecule has 0 saturated heterocycles. The number of benzene rings is 2. The summed E-state index contributed by atoms with van der Waals surface area (Å²) in [7, 11) is 0. The van der Waals surface area contributed by atoms with Crippen molar-refractivity contribution in [1.82, 2.24) is 0 Å². The molecule has 0 fully saturated rings. The van der Waals surface area contributed by atoms with E-state index in [0.717, 1.165) is 4.47 Å². The van der Waals surface area contributed by atoms with Gasteiger partial charge in [0.25, 0.3) is 0 Å². The van der Waals surface area contributed by atoms with Crippen molar-refractivity contribution in [2.45, 2.75) is 37.9 Å². The molecule has 0 saturated carbocycles. The van der Waals surface area contributed by atoms with Crippen LogP contribution < -0.4 is 0 Å². The molecule has 0 heterocycles. The molecule has 0 amide bonds. The summed E-state index contributed by atoms with van der Waals surface area (Å²) < 4.78 is 1.15. The normalized spacial score (nSPS) is 13.3. The predicted octanol–water partition coefficient (Wildman–Crippen LogP) is 6.54. The molecule has 2 aromatic rings. The Morgan fingerprint density at radius 2 is 1.55 bits per heavy atom. The van der Waals surface area contributed by atoms with E-state index in [1.807, 2.05) is 0 Å². The first-order chi connectivity index (χ1) is 9.29. The van der Waals surface area contributed by atoms with Crippen molar-refractivity contribution < 1.29 is 0 Å². The fraction of sp³-hybridized carbons (Fsp3) is 0.333. The monoisotopic (exact) mass is 394 g/mol. The van der Waals surface area contributed by atoms with Crippen molar-refractivity contribution in [2.75, 3.05) is 0 Å². The third-order valence-corrected chi connectivity index (χ3v) is 5.21. The van der Waals surface area contributed by atoms with Crippen LogP contribution >= 0.6 is 31.9 Å². The molecule has 0 nitrogen and oxygen atoms in total. The van der Waals surface area contributed by atoms with Gasteiger partial charge >= 0.3 is 0 Å². The number of hydrogen-bond acceptors (Lipinski definition) is 0. The number of aryl methyl sites for hydroxylation is 1. The SMILES string of the molecule is Cc1ccc(C(Br)c2ccc(C(C)(C)C)cc2)c(Br)c1. The summed E-state index contributed by atoms with van der Waals surface area (Å²) in [4.78, 5) is 0.214. The Morgan fingerprint density at radius 1 is 0.950 bits per heavy atom. The van der Waals surface area contributed by atoms with Crippen LogP contribution in [0.15, 0.2) is 46.9 Å². The Bertz CT molecular complexity index is 592. The summed E-state index contributed by atoms with van der Waals surface area (Å²) in [5.74, 6) is 0. The van der Waals surface area contributed by atoms with E-state index >= 15 is 0 Å². The highest BCUT2D eigenvalue weighted by Crippen LogP contribution is 2.36. The van der Waals surface area contributed by atoms with Crippen LogP contribution in [0.3, 0.4) is 0 Å². The molecule has 2 rings (SSSR count). The molecule has 0 aliphatic rings. The van der Waals surface area contributed by atoms with Crippen molar-refractivity contribution in [3.05, 3.63) is 69.2 Å². The Labute approximate surface area is 138 Å². The predicted molar refractivity (Wildman–Crippen MR) is 94.8 cm³/mol. The minimum absolute atomic E-state index is 0.199. The first-order valence-corrected chi connectivity index (χ1v) is 8.50. The summed E-state index contributed by atoms with van der Waals surface area (Å²) in [5, 5.41) is 0. The van der Waals surface area contributed by atoms with Gasteiger partial charge in [-0.25, -0.2) is 0 Å². The second-order valence-corrected chi connectivity index (χ2v) is 8.03. The molecular weight excluding hydrogens is 376 g/mol. The van der Waals surface area contributed by atoms with Gasteiger partial charge in [0.1, 0.15) is 0 Å². The van der Waals surface area contributed by atoms with Gasteiger partial charge in [0.2, 0.25) is 0 Å². The zero-order valence-electron chi connectivity index (χ0n) is 12.4. The maximum Gasteiger partial charge on any atom is 0.0655 e. The highest BCUT2D eigenvalue weighted by atomic mass is 79.9. The van der Waals surface area contributed by atoms with Crippen LogP contribution in [0, 0.1) is 6.92 Å². The summed E-state index contributed by atoms with van der Waals surface area (Å²) in [6.07, 6.45) is 0. The molecular formula is C18H20Br2. The second-order valence-electron chi connectivity index (χ2n) is 6.26. The standard InChI is InChI=1S/C18H20Br2/c1-12-5-10-15(16(19)11-12)17(20)13-6-8-14(9-7-13)18(2,3)4/h5-11,17H,1-4H3. The highest BCUT2D eigenvalue weighted by molar-refractivity contribution is 9.11. The van der Waals surface area contributed by atoms with Crippen molar-refractivity contribution >= 4 is 31.9 Å². The van der Waals surface area contributed by atoms with E-state index in [4.69, 9.17) is 0 Å². The van der Waals surface area contributed by atoms with Crippen LogP contribution in [-0.2, 0) is 5.41 Å². The Balaban J connectivity index is 2.31. The van der Waals surface area contributed by atoms with Gasteiger partial charge in [-0.05, 0) is 40.7 Å². The summed E-state index contributed by atoms with van der Waals surface area (Å²) in [5.41, 5.74) is 5.37. The Kier molecular flexibility index (Phi) is 4.76. The largest absolute Gasteiger partial charge is 0.0786 e. The van der Waals surface area contributed by atoms with Crippen LogP contribution in [0.2, 0.25) is 0 Å². The van der Waals surface area contributed by atoms with E-state index in [0.29, 0.717) is 0 Å². The summed E-state index contributed by atoms with van der Waals surface area (Å²) >= 11 is 7.48. The molecule has 1 unspecified atom stereocenters. The first-order valence-electron chi connectivity index (χ1n) is 6.79. The average molecular weight is 396 g/mol. The quantitative estimate of drug-likeness (QED) is 0.506.